The van der Waals surface area contributed by atoms with Crippen LogP contribution in [0.1, 0.15) is 16.7 Å². The summed E-state index contributed by atoms with van der Waals surface area (Å²) < 4.78 is 32.9. The van der Waals surface area contributed by atoms with Gasteiger partial charge in [-0.3, -0.25) is 4.90 Å². The molecule has 2 aromatic carbocycles. The topological polar surface area (TPSA) is 61.8 Å². The van der Waals surface area contributed by atoms with Crippen molar-refractivity contribution in [3.05, 3.63) is 64.7 Å². The summed E-state index contributed by atoms with van der Waals surface area (Å²) in [7, 11) is 1.26. The molecule has 2 N–H and O–H groups in total. The fourth-order valence-corrected chi connectivity index (χ4v) is 3.09. The number of nitrogens with zero attached hydrogens (tertiary/aromatic N) is 1. The molecular weight excluding hydrogens is 330 g/mol. The van der Waals surface area contributed by atoms with E-state index >= 15 is 0 Å². The molecule has 1 atom stereocenters. The van der Waals surface area contributed by atoms with E-state index in [1.54, 1.807) is 0 Å². The zero-order valence-electron chi connectivity index (χ0n) is 13.6. The quantitative estimate of drug-likeness (QED) is 0.872. The van der Waals surface area contributed by atoms with Crippen LogP contribution < -0.4 is 10.1 Å². The number of halogens is 2. The molecule has 1 heterocycles. The smallest absolute Gasteiger partial charge is 0.405 e. The first-order valence-electron chi connectivity index (χ1n) is 7.80. The number of methoxy groups -OCH3 is 1. The van der Waals surface area contributed by atoms with Crippen LogP contribution in [0.2, 0.25) is 0 Å². The largest absolute Gasteiger partial charge is 0.494 e. The van der Waals surface area contributed by atoms with Crippen LogP contribution in [0, 0.1) is 11.6 Å². The van der Waals surface area contributed by atoms with E-state index in [2.05, 4.69) is 5.32 Å². The van der Waals surface area contributed by atoms with Crippen molar-refractivity contribution in [2.75, 3.05) is 7.11 Å². The highest BCUT2D eigenvalue weighted by molar-refractivity contribution is 5.64. The third kappa shape index (κ3) is 3.56. The summed E-state index contributed by atoms with van der Waals surface area (Å²) >= 11 is 0. The van der Waals surface area contributed by atoms with Gasteiger partial charge in [0.05, 0.1) is 13.3 Å². The van der Waals surface area contributed by atoms with Gasteiger partial charge >= 0.3 is 6.09 Å². The fraction of sp³-hybridized carbons (Fsp3) is 0.278. The third-order valence-corrected chi connectivity index (χ3v) is 4.36. The minimum absolute atomic E-state index is 0.00698. The van der Waals surface area contributed by atoms with Crippen LogP contribution in [0.3, 0.4) is 0 Å². The van der Waals surface area contributed by atoms with Crippen LogP contribution >= 0.6 is 0 Å². The summed E-state index contributed by atoms with van der Waals surface area (Å²) in [5, 5.41) is 11.5. The lowest BCUT2D eigenvalue weighted by Gasteiger charge is -2.27. The van der Waals surface area contributed by atoms with Gasteiger partial charge in [-0.1, -0.05) is 30.3 Å². The molecule has 0 spiro atoms. The molecule has 132 valence electrons. The SMILES string of the molecule is COc1ccc(CC(NC(=O)O)N2Cc3ccccc3C2)c(F)c1F. The molecule has 1 unspecified atom stereocenters. The average molecular weight is 348 g/mol. The first-order valence-corrected chi connectivity index (χ1v) is 7.80. The van der Waals surface area contributed by atoms with Crippen molar-refractivity contribution in [3.63, 3.8) is 0 Å². The van der Waals surface area contributed by atoms with Crippen LogP contribution in [-0.4, -0.2) is 29.4 Å². The minimum Gasteiger partial charge on any atom is -0.494 e. The zero-order valence-corrected chi connectivity index (χ0v) is 13.6. The predicted octanol–water partition coefficient (Wildman–Crippen LogP) is 3.13. The van der Waals surface area contributed by atoms with Crippen molar-refractivity contribution in [1.29, 1.82) is 0 Å². The molecule has 25 heavy (non-hydrogen) atoms. The Balaban J connectivity index is 1.83. The van der Waals surface area contributed by atoms with E-state index in [0.717, 1.165) is 11.1 Å². The van der Waals surface area contributed by atoms with Gasteiger partial charge in [-0.15, -0.1) is 0 Å². The Labute approximate surface area is 143 Å². The molecule has 0 aromatic heterocycles. The van der Waals surface area contributed by atoms with Crippen molar-refractivity contribution in [3.8, 4) is 5.75 Å². The second-order valence-electron chi connectivity index (χ2n) is 5.90. The summed E-state index contributed by atoms with van der Waals surface area (Å²) in [6.45, 7) is 1.09. The van der Waals surface area contributed by atoms with Crippen LogP contribution in [0.5, 0.6) is 5.75 Å². The molecule has 5 nitrogen and oxygen atoms in total. The molecule has 0 fully saturated rings. The van der Waals surface area contributed by atoms with Gasteiger partial charge in [0.2, 0.25) is 5.82 Å². The van der Waals surface area contributed by atoms with Crippen molar-refractivity contribution < 1.29 is 23.4 Å². The molecule has 0 bridgehead atoms. The van der Waals surface area contributed by atoms with Crippen LogP contribution in [-0.2, 0) is 19.5 Å². The molecule has 7 heteroatoms. The van der Waals surface area contributed by atoms with Crippen molar-refractivity contribution >= 4 is 6.09 Å². The van der Waals surface area contributed by atoms with E-state index in [0.29, 0.717) is 13.1 Å². The Kier molecular flexibility index (Phi) is 4.85. The number of fused-ring (bicyclic) bond motifs is 1. The zero-order chi connectivity index (χ0) is 18.0. The molecule has 0 radical (unpaired) electrons. The van der Waals surface area contributed by atoms with Gasteiger partial charge < -0.3 is 15.2 Å². The summed E-state index contributed by atoms with van der Waals surface area (Å²) in [5.41, 5.74) is 2.29. The average Bonchev–Trinajstić information content (AvgIpc) is 3.02. The maximum absolute atomic E-state index is 14.2. The van der Waals surface area contributed by atoms with Gasteiger partial charge in [-0.05, 0) is 22.8 Å². The highest BCUT2D eigenvalue weighted by Crippen LogP contribution is 2.27. The monoisotopic (exact) mass is 348 g/mol. The predicted molar refractivity (Wildman–Crippen MR) is 87.3 cm³/mol. The van der Waals surface area contributed by atoms with Gasteiger partial charge in [0.25, 0.3) is 0 Å². The maximum atomic E-state index is 14.2. The molecule has 0 aliphatic carbocycles. The number of nitrogens with one attached hydrogen (secondary N) is 1. The lowest BCUT2D eigenvalue weighted by Crippen LogP contribution is -2.47. The lowest BCUT2D eigenvalue weighted by atomic mass is 10.1. The molecule has 1 aliphatic rings. The van der Waals surface area contributed by atoms with E-state index in [9.17, 15) is 13.6 Å². The number of rotatable bonds is 5. The highest BCUT2D eigenvalue weighted by atomic mass is 19.2. The van der Waals surface area contributed by atoms with Crippen molar-refractivity contribution in [2.45, 2.75) is 25.7 Å². The Morgan fingerprint density at radius 2 is 1.84 bits per heavy atom. The third-order valence-electron chi connectivity index (χ3n) is 4.36. The van der Waals surface area contributed by atoms with Crippen LogP contribution in [0.4, 0.5) is 13.6 Å². The summed E-state index contributed by atoms with van der Waals surface area (Å²) in [6, 6.07) is 10.5. The number of hydrogen-bond acceptors (Lipinski definition) is 3. The molecule has 0 saturated heterocycles. The second-order valence-corrected chi connectivity index (χ2v) is 5.90. The molecule has 1 aliphatic heterocycles. The van der Waals surface area contributed by atoms with Gasteiger partial charge in [-0.2, -0.15) is 4.39 Å². The number of carbonyl (C=O) groups is 1. The lowest BCUT2D eigenvalue weighted by molar-refractivity contribution is 0.139. The van der Waals surface area contributed by atoms with Crippen molar-refractivity contribution in [1.82, 2.24) is 10.2 Å². The Hall–Kier alpha value is -2.67. The Morgan fingerprint density at radius 3 is 2.40 bits per heavy atom. The van der Waals surface area contributed by atoms with E-state index in [-0.39, 0.29) is 17.7 Å². The minimum atomic E-state index is -1.21. The number of hydrogen-bond donors (Lipinski definition) is 2. The second kappa shape index (κ2) is 7.06. The first-order chi connectivity index (χ1) is 12.0. The molecule has 3 rings (SSSR count). The number of carboxylic acid groups (broad SMARTS) is 1. The fourth-order valence-electron chi connectivity index (χ4n) is 3.09. The Morgan fingerprint density at radius 1 is 1.20 bits per heavy atom. The van der Waals surface area contributed by atoms with E-state index in [1.165, 1.54) is 19.2 Å². The summed E-state index contributed by atoms with van der Waals surface area (Å²) in [4.78, 5) is 13.0. The summed E-state index contributed by atoms with van der Waals surface area (Å²) in [5.74, 6) is -2.27. The van der Waals surface area contributed by atoms with Gasteiger partial charge in [0.1, 0.15) is 0 Å². The molecular formula is C18H18F2N2O3. The van der Waals surface area contributed by atoms with Gasteiger partial charge in [0.15, 0.2) is 11.6 Å². The van der Waals surface area contributed by atoms with Gasteiger partial charge in [-0.25, -0.2) is 9.18 Å². The standard InChI is InChI=1S/C18H18F2N2O3/c1-25-14-7-6-11(16(19)17(14)20)8-15(21-18(23)24)22-9-12-4-2-3-5-13(12)10-22/h2-7,15,21H,8-10H2,1H3,(H,23,24). The van der Waals surface area contributed by atoms with E-state index < -0.39 is 23.9 Å². The number of ether oxygens (including phenoxy) is 1. The van der Waals surface area contributed by atoms with E-state index in [1.807, 2.05) is 29.2 Å². The summed E-state index contributed by atoms with van der Waals surface area (Å²) in [6.07, 6.45) is -1.88. The normalized spacial score (nSPS) is 14.8. The molecule has 1 amide bonds. The molecule has 0 saturated carbocycles. The molecule has 2 aromatic rings. The van der Waals surface area contributed by atoms with Crippen LogP contribution in [0.25, 0.3) is 0 Å². The number of amides is 1. The van der Waals surface area contributed by atoms with Gasteiger partial charge in [0, 0.05) is 19.5 Å². The number of benzene rings is 2. The Bertz CT molecular complexity index is 773. The first kappa shape index (κ1) is 17.2. The maximum Gasteiger partial charge on any atom is 0.405 e. The highest BCUT2D eigenvalue weighted by Gasteiger charge is 2.28. The van der Waals surface area contributed by atoms with Crippen molar-refractivity contribution in [2.24, 2.45) is 0 Å². The van der Waals surface area contributed by atoms with Crippen LogP contribution in [0.15, 0.2) is 36.4 Å². The van der Waals surface area contributed by atoms with E-state index in [4.69, 9.17) is 9.84 Å².